The molecule has 0 bridgehead atoms. The Morgan fingerprint density at radius 3 is 2.44 bits per heavy atom. The third-order valence-electron chi connectivity index (χ3n) is 5.75. The maximum atomic E-state index is 13.6. The normalized spacial score (nSPS) is 14.9. The van der Waals surface area contributed by atoms with Crippen molar-refractivity contribution in [3.05, 3.63) is 48.3 Å². The summed E-state index contributed by atoms with van der Waals surface area (Å²) in [5.74, 6) is -0.444. The highest BCUT2D eigenvalue weighted by Gasteiger charge is 2.30. The van der Waals surface area contributed by atoms with E-state index in [1.165, 1.54) is 12.3 Å². The standard InChI is InChI=1S/C23H28FN5O2S/c1-15(2)29-16(3)23(32(4,30)31)21(22(29)20-6-5-18(24)13-27-20)17-11-19(14-26-12-17)28-9-7-25-8-10-28/h5-6,11-15,25H,7-10H2,1-4H3. The maximum Gasteiger partial charge on any atom is 0.177 e. The first-order valence-corrected chi connectivity index (χ1v) is 12.6. The van der Waals surface area contributed by atoms with Gasteiger partial charge in [0.05, 0.1) is 34.4 Å². The Kier molecular flexibility index (Phi) is 6.05. The number of anilines is 1. The molecule has 0 spiro atoms. The molecule has 32 heavy (non-hydrogen) atoms. The lowest BCUT2D eigenvalue weighted by molar-refractivity contribution is 0.582. The van der Waals surface area contributed by atoms with E-state index in [1.54, 1.807) is 25.4 Å². The van der Waals surface area contributed by atoms with Crippen molar-refractivity contribution in [2.45, 2.75) is 31.7 Å². The second-order valence-electron chi connectivity index (χ2n) is 8.40. The first-order valence-electron chi connectivity index (χ1n) is 10.7. The van der Waals surface area contributed by atoms with Crippen LogP contribution in [0.5, 0.6) is 0 Å². The highest BCUT2D eigenvalue weighted by atomic mass is 32.2. The van der Waals surface area contributed by atoms with Crippen molar-refractivity contribution in [3.63, 3.8) is 0 Å². The molecule has 0 radical (unpaired) electrons. The summed E-state index contributed by atoms with van der Waals surface area (Å²) in [6.07, 6.45) is 5.87. The van der Waals surface area contributed by atoms with Crippen LogP contribution in [0.1, 0.15) is 25.6 Å². The minimum atomic E-state index is -3.58. The van der Waals surface area contributed by atoms with Crippen molar-refractivity contribution in [2.24, 2.45) is 0 Å². The number of nitrogens with zero attached hydrogens (tertiary/aromatic N) is 4. The zero-order valence-electron chi connectivity index (χ0n) is 18.8. The van der Waals surface area contributed by atoms with Crippen LogP contribution in [0, 0.1) is 12.7 Å². The summed E-state index contributed by atoms with van der Waals surface area (Å²) in [7, 11) is -3.58. The number of hydrogen-bond acceptors (Lipinski definition) is 6. The van der Waals surface area contributed by atoms with Crippen molar-refractivity contribution in [1.29, 1.82) is 0 Å². The van der Waals surface area contributed by atoms with Gasteiger partial charge < -0.3 is 14.8 Å². The molecule has 1 aliphatic rings. The lowest BCUT2D eigenvalue weighted by atomic mass is 10.0. The first kappa shape index (κ1) is 22.4. The average Bonchev–Trinajstić information content (AvgIpc) is 3.08. The quantitative estimate of drug-likeness (QED) is 0.632. The van der Waals surface area contributed by atoms with Gasteiger partial charge in [0.2, 0.25) is 0 Å². The maximum absolute atomic E-state index is 13.6. The lowest BCUT2D eigenvalue weighted by Gasteiger charge is -2.29. The Bertz CT molecular complexity index is 1230. The van der Waals surface area contributed by atoms with Crippen molar-refractivity contribution in [3.8, 4) is 22.5 Å². The van der Waals surface area contributed by atoms with E-state index >= 15 is 0 Å². The fourth-order valence-electron chi connectivity index (χ4n) is 4.48. The van der Waals surface area contributed by atoms with E-state index in [2.05, 4.69) is 20.2 Å². The van der Waals surface area contributed by atoms with Crippen LogP contribution < -0.4 is 10.2 Å². The molecule has 3 aromatic heterocycles. The highest BCUT2D eigenvalue weighted by molar-refractivity contribution is 7.91. The predicted octanol–water partition coefficient (Wildman–Crippen LogP) is 3.45. The summed E-state index contributed by atoms with van der Waals surface area (Å²) in [6, 6.07) is 4.88. The van der Waals surface area contributed by atoms with Gasteiger partial charge in [-0.3, -0.25) is 9.97 Å². The molecule has 1 N–H and O–H groups in total. The molecule has 0 aromatic carbocycles. The molecule has 0 saturated carbocycles. The van der Waals surface area contributed by atoms with Gasteiger partial charge in [-0.15, -0.1) is 0 Å². The van der Waals surface area contributed by atoms with Gasteiger partial charge in [0, 0.05) is 61.5 Å². The Hall–Kier alpha value is -2.78. The van der Waals surface area contributed by atoms with Gasteiger partial charge in [-0.25, -0.2) is 12.8 Å². The summed E-state index contributed by atoms with van der Waals surface area (Å²) in [4.78, 5) is 11.2. The Balaban J connectivity index is 2.02. The summed E-state index contributed by atoms with van der Waals surface area (Å²) in [5.41, 5.74) is 3.99. The van der Waals surface area contributed by atoms with Crippen LogP contribution in [-0.4, -0.2) is 55.4 Å². The number of hydrogen-bond donors (Lipinski definition) is 1. The van der Waals surface area contributed by atoms with Crippen molar-refractivity contribution in [2.75, 3.05) is 37.3 Å². The van der Waals surface area contributed by atoms with E-state index in [4.69, 9.17) is 0 Å². The molecular formula is C23H28FN5O2S. The number of sulfone groups is 1. The van der Waals surface area contributed by atoms with Gasteiger partial charge in [0.1, 0.15) is 5.82 Å². The van der Waals surface area contributed by atoms with Gasteiger partial charge in [0.15, 0.2) is 9.84 Å². The first-order chi connectivity index (χ1) is 15.2. The van der Waals surface area contributed by atoms with Gasteiger partial charge in [-0.05, 0) is 39.0 Å². The van der Waals surface area contributed by atoms with E-state index in [-0.39, 0.29) is 10.9 Å². The lowest BCUT2D eigenvalue weighted by Crippen LogP contribution is -2.43. The van der Waals surface area contributed by atoms with E-state index in [1.807, 2.05) is 24.5 Å². The number of aromatic nitrogens is 3. The van der Waals surface area contributed by atoms with Crippen LogP contribution in [0.25, 0.3) is 22.5 Å². The zero-order chi connectivity index (χ0) is 23.0. The molecule has 0 amide bonds. The third kappa shape index (κ3) is 4.14. The van der Waals surface area contributed by atoms with Gasteiger partial charge in [0.25, 0.3) is 0 Å². The summed E-state index contributed by atoms with van der Waals surface area (Å²) in [6.45, 7) is 9.25. The topological polar surface area (TPSA) is 80.1 Å². The highest BCUT2D eigenvalue weighted by Crippen LogP contribution is 2.43. The Morgan fingerprint density at radius 1 is 1.12 bits per heavy atom. The molecule has 3 aromatic rings. The summed E-state index contributed by atoms with van der Waals surface area (Å²) in [5, 5.41) is 3.33. The molecular weight excluding hydrogens is 429 g/mol. The molecule has 1 saturated heterocycles. The molecule has 1 aliphatic heterocycles. The summed E-state index contributed by atoms with van der Waals surface area (Å²) < 4.78 is 41.5. The average molecular weight is 458 g/mol. The van der Waals surface area contributed by atoms with Crippen LogP contribution in [0.4, 0.5) is 10.1 Å². The Morgan fingerprint density at radius 2 is 1.84 bits per heavy atom. The smallest absolute Gasteiger partial charge is 0.177 e. The minimum Gasteiger partial charge on any atom is -0.368 e. The zero-order valence-corrected chi connectivity index (χ0v) is 19.6. The largest absolute Gasteiger partial charge is 0.368 e. The number of pyridine rings is 2. The number of halogens is 1. The molecule has 4 heterocycles. The van der Waals surface area contributed by atoms with Crippen LogP contribution in [0.3, 0.4) is 0 Å². The van der Waals surface area contributed by atoms with Crippen LogP contribution in [-0.2, 0) is 9.84 Å². The Labute approximate surface area is 188 Å². The fraction of sp³-hybridized carbons (Fsp3) is 0.391. The monoisotopic (exact) mass is 457 g/mol. The SMILES string of the molecule is Cc1c(S(C)(=O)=O)c(-c2cncc(N3CCNCC3)c2)c(-c2ccc(F)cn2)n1C(C)C. The van der Waals surface area contributed by atoms with E-state index < -0.39 is 15.7 Å². The molecule has 0 atom stereocenters. The van der Waals surface area contributed by atoms with Gasteiger partial charge in [-0.2, -0.15) is 0 Å². The molecule has 7 nitrogen and oxygen atoms in total. The number of piperazine rings is 1. The predicted molar refractivity (Wildman–Crippen MR) is 124 cm³/mol. The molecule has 0 aliphatic carbocycles. The third-order valence-corrected chi connectivity index (χ3v) is 6.99. The van der Waals surface area contributed by atoms with Gasteiger partial charge in [-0.1, -0.05) is 0 Å². The van der Waals surface area contributed by atoms with Crippen molar-refractivity contribution < 1.29 is 12.8 Å². The fourth-order valence-corrected chi connectivity index (χ4v) is 5.70. The van der Waals surface area contributed by atoms with E-state index in [0.29, 0.717) is 28.2 Å². The second-order valence-corrected chi connectivity index (χ2v) is 10.4. The van der Waals surface area contributed by atoms with Crippen molar-refractivity contribution in [1.82, 2.24) is 19.9 Å². The minimum absolute atomic E-state index is 0.0320. The van der Waals surface area contributed by atoms with Crippen LogP contribution in [0.2, 0.25) is 0 Å². The molecule has 4 rings (SSSR count). The molecule has 0 unspecified atom stereocenters. The van der Waals surface area contributed by atoms with E-state index in [0.717, 1.165) is 38.1 Å². The molecule has 170 valence electrons. The molecule has 9 heteroatoms. The molecule has 1 fully saturated rings. The van der Waals surface area contributed by atoms with Crippen LogP contribution in [0.15, 0.2) is 41.7 Å². The second kappa shape index (κ2) is 8.63. The summed E-state index contributed by atoms with van der Waals surface area (Å²) >= 11 is 0. The van der Waals surface area contributed by atoms with Crippen molar-refractivity contribution >= 4 is 15.5 Å². The number of rotatable bonds is 5. The van der Waals surface area contributed by atoms with Gasteiger partial charge >= 0.3 is 0 Å². The van der Waals surface area contributed by atoms with E-state index in [9.17, 15) is 12.8 Å². The van der Waals surface area contributed by atoms with Crippen LogP contribution >= 0.6 is 0 Å². The number of nitrogens with one attached hydrogen (secondary N) is 1.